The van der Waals surface area contributed by atoms with Crippen LogP contribution < -0.4 is 96.4 Å². The molecule has 712 valence electrons. The Bertz CT molecular complexity index is 5000. The fourth-order valence-electron chi connectivity index (χ4n) is 13.8. The average molecular weight is 1840 g/mol. The fraction of sp³-hybridized carbons (Fsp3) is 0.488. The van der Waals surface area contributed by atoms with Crippen LogP contribution in [0.3, 0.4) is 0 Å². The van der Waals surface area contributed by atoms with E-state index >= 15 is 9.59 Å². The summed E-state index contributed by atoms with van der Waals surface area (Å²) in [6.45, 7) is 0.785. The monoisotopic (exact) mass is 1840 g/mol. The van der Waals surface area contributed by atoms with Crippen molar-refractivity contribution in [2.75, 3.05) is 39.1 Å². The molecule has 3 heterocycles. The number of hydrogen-bond donors (Lipinski definition) is 24. The van der Waals surface area contributed by atoms with E-state index in [-0.39, 0.29) is 43.5 Å². The highest BCUT2D eigenvalue weighted by atomic mass is 16.5. The molecule has 2 aromatic heterocycles. The number of rotatable bonds is 40. The summed E-state index contributed by atoms with van der Waals surface area (Å²) in [6, 6.07) is -7.30. The van der Waals surface area contributed by atoms with Crippen molar-refractivity contribution in [2.45, 2.75) is 222 Å². The van der Waals surface area contributed by atoms with Crippen LogP contribution in [0.5, 0.6) is 5.75 Å². The van der Waals surface area contributed by atoms with Crippen molar-refractivity contribution in [3.8, 4) is 5.75 Å². The van der Waals surface area contributed by atoms with Gasteiger partial charge < -0.3 is 137 Å². The summed E-state index contributed by atoms with van der Waals surface area (Å²) in [5.41, 5.74) is 20.0. The lowest BCUT2D eigenvalue weighted by Gasteiger charge is -2.30. The van der Waals surface area contributed by atoms with Crippen LogP contribution in [-0.4, -0.2) is 272 Å². The maximum Gasteiger partial charge on any atom is 0.329 e. The largest absolute Gasteiger partial charge is 0.497 e. The van der Waals surface area contributed by atoms with Gasteiger partial charge in [-0.2, -0.15) is 0 Å². The number of amides is 15. The molecule has 131 heavy (non-hydrogen) atoms. The van der Waals surface area contributed by atoms with Gasteiger partial charge in [0, 0.05) is 71.3 Å². The topological polar surface area (TPSA) is 756 Å². The molecule has 47 heteroatoms. The number of aromatic nitrogens is 2. The molecule has 14 atom stereocenters. The van der Waals surface area contributed by atoms with Gasteiger partial charge in [-0.05, 0) is 93.0 Å². The van der Waals surface area contributed by atoms with Gasteiger partial charge in [0.25, 0.3) is 0 Å². The summed E-state index contributed by atoms with van der Waals surface area (Å²) >= 11 is 0. The molecule has 1 saturated heterocycles. The highest BCUT2D eigenvalue weighted by molar-refractivity contribution is 6.05. The van der Waals surface area contributed by atoms with Crippen LogP contribution in [0.4, 0.5) is 5.69 Å². The number of para-hydroxylation sites is 2. The minimum Gasteiger partial charge on any atom is -0.497 e. The number of fused-ring (bicyclic) bond motifs is 2. The number of aromatic amines is 2. The number of esters is 1. The number of carboxylic acid groups (broad SMARTS) is 4. The number of hydrogen-bond acceptors (Lipinski definition) is 26. The zero-order chi connectivity index (χ0) is 96.9. The Morgan fingerprint density at radius 3 is 1.70 bits per heavy atom. The van der Waals surface area contributed by atoms with Crippen LogP contribution >= 0.6 is 0 Å². The zero-order valence-corrected chi connectivity index (χ0v) is 72.5. The van der Waals surface area contributed by atoms with Gasteiger partial charge in [-0.3, -0.25) is 95.9 Å². The lowest BCUT2D eigenvalue weighted by atomic mass is 9.96. The fourth-order valence-corrected chi connectivity index (χ4v) is 13.8. The number of nitrogens with two attached hydrogens (primary N) is 3. The number of benzene rings is 3. The first-order chi connectivity index (χ1) is 62.1. The molecule has 15 amide bonds. The summed E-state index contributed by atoms with van der Waals surface area (Å²) < 4.78 is 11.1. The molecule has 27 N–H and O–H groups in total. The highest BCUT2D eigenvalue weighted by Crippen LogP contribution is 2.26. The van der Waals surface area contributed by atoms with E-state index in [2.05, 4.69) is 75.4 Å². The number of aliphatic hydroxyl groups is 1. The molecule has 4 unspecified atom stereocenters. The molecule has 1 fully saturated rings. The number of methoxy groups -OCH3 is 1. The third-order valence-electron chi connectivity index (χ3n) is 20.9. The van der Waals surface area contributed by atoms with Gasteiger partial charge in [0.15, 0.2) is 5.78 Å². The Morgan fingerprint density at radius 1 is 0.534 bits per heavy atom. The third kappa shape index (κ3) is 34.1. The number of carboxylic acids is 4. The molecule has 0 aliphatic carbocycles. The van der Waals surface area contributed by atoms with Crippen LogP contribution in [0, 0.1) is 5.92 Å². The van der Waals surface area contributed by atoms with Crippen molar-refractivity contribution in [3.63, 3.8) is 0 Å². The Balaban J connectivity index is 1.43. The van der Waals surface area contributed by atoms with Crippen molar-refractivity contribution in [3.05, 3.63) is 95.8 Å². The van der Waals surface area contributed by atoms with Gasteiger partial charge in [0.1, 0.15) is 78.3 Å². The first-order valence-electron chi connectivity index (χ1n) is 42.0. The molecule has 0 bridgehead atoms. The second kappa shape index (κ2) is 52.0. The van der Waals surface area contributed by atoms with E-state index in [1.54, 1.807) is 54.9 Å². The molecule has 0 spiro atoms. The van der Waals surface area contributed by atoms with E-state index in [9.17, 15) is 117 Å². The number of primary amides is 1. The first-order valence-corrected chi connectivity index (χ1v) is 42.0. The quantitative estimate of drug-likeness (QED) is 0.00762. The summed E-state index contributed by atoms with van der Waals surface area (Å²) in [6.07, 6.45) is -1.49. The van der Waals surface area contributed by atoms with Crippen LogP contribution in [0.25, 0.3) is 21.8 Å². The van der Waals surface area contributed by atoms with Gasteiger partial charge in [0.2, 0.25) is 88.6 Å². The summed E-state index contributed by atoms with van der Waals surface area (Å²) in [5, 5.41) is 82.7. The summed E-state index contributed by atoms with van der Waals surface area (Å²) in [7, 11) is 1.45. The molecule has 0 radical (unpaired) electrons. The van der Waals surface area contributed by atoms with Crippen molar-refractivity contribution in [1.82, 2.24) is 84.4 Å². The number of H-pyrrole nitrogens is 2. The lowest BCUT2D eigenvalue weighted by Crippen LogP contribution is -2.62. The number of Topliss-reactive ketones (excluding diaryl/α,β-unsaturated/α-hetero) is 1. The Morgan fingerprint density at radius 2 is 1.08 bits per heavy atom. The number of nitrogen functional groups attached to an aromatic ring is 1. The number of carbonyl (C=O) groups excluding carboxylic acids is 17. The number of aliphatic carboxylic acids is 4. The van der Waals surface area contributed by atoms with E-state index < -0.39 is 273 Å². The molecule has 1 aliphatic rings. The Kier molecular flexibility index (Phi) is 41.7. The second-order valence-corrected chi connectivity index (χ2v) is 31.3. The van der Waals surface area contributed by atoms with E-state index in [1.165, 1.54) is 31.4 Å². The van der Waals surface area contributed by atoms with Gasteiger partial charge in [-0.25, -0.2) is 4.79 Å². The molecule has 3 aromatic carbocycles. The van der Waals surface area contributed by atoms with Crippen LogP contribution in [0.15, 0.2) is 79.1 Å². The highest BCUT2D eigenvalue weighted by Gasteiger charge is 2.42. The van der Waals surface area contributed by atoms with Gasteiger partial charge >= 0.3 is 29.8 Å². The van der Waals surface area contributed by atoms with E-state index in [4.69, 9.17) is 26.7 Å². The van der Waals surface area contributed by atoms with Gasteiger partial charge in [0.05, 0.1) is 65.0 Å². The van der Waals surface area contributed by atoms with Crippen LogP contribution in [0.2, 0.25) is 0 Å². The standard InChI is InChI=1S/C84H113N19O28/c1-6-7-8-9-10-11-12-23-64(107)95-55(29-45-37-89-52-21-16-14-18-47(45)52)78(123)98-56(32-63(87)106)79(124)100-59(35-70(116)117)80(125)103-72-43(4)131-84(129)60(31-62(105)48-19-13-15-20-50(48)85)101-83(128)71(41(2)27-67(110)111)102-81(126)61(40-104)96-66(109)38-91-75(120)57(33-68(112)113)97-73(118)42(3)93-77(122)58(34-69(114)115)99-76(121)54(94-65(108)39-92-82(72)127)22-17-26-88-74(119)51(86)28-44-36-90-53-25-24-46(130-5)30-49(44)53/h13-16,18-21,24-25,30,36-37,41-43,51,54-61,71-72,89-90,104H,6-12,17,22-23,26-29,31-35,38-40,85-86H2,1-5H3,(H2,87,106)(H,88,119)(H,91,120)(H,92,127)(H,93,122)(H,94,108)(H,95,107)(H,96,109)(H,97,118)(H,98,123)(H,99,121)(H,100,124)(H,101,128)(H,102,126)(H,103,125)(H,110,111)(H,112,113)(H,114,115)(H,116,117)/t41-,42-,43?,51+,54+,55+,56+,57+,58?,59+,60+,61-,71?,72?/m1/s1. The molecular weight excluding hydrogens is 1720 g/mol. The molecule has 6 rings (SSSR count). The number of cyclic esters (lactones) is 1. The van der Waals surface area contributed by atoms with Crippen molar-refractivity contribution < 1.29 is 136 Å². The van der Waals surface area contributed by atoms with E-state index in [1.807, 2.05) is 16.0 Å². The molecule has 47 nitrogen and oxygen atoms in total. The summed E-state index contributed by atoms with van der Waals surface area (Å²) in [4.78, 5) is 297. The second-order valence-electron chi connectivity index (χ2n) is 31.3. The number of nitrogens with one attached hydrogen (secondary N) is 16. The number of unbranched alkanes of at least 4 members (excludes halogenated alkanes) is 6. The molecular formula is C84H113N19O28. The number of ether oxygens (including phenoxy) is 2. The van der Waals surface area contributed by atoms with Crippen LogP contribution in [-0.2, 0) is 113 Å². The Labute approximate surface area is 748 Å². The van der Waals surface area contributed by atoms with Crippen molar-refractivity contribution in [2.24, 2.45) is 17.4 Å². The SMILES string of the molecule is CCCCCCCCCC(=O)N[C@@H](Cc1c[nH]c2ccccc12)C(=O)N[C@@H](CC(N)=O)C(=O)N[C@@H](CC(=O)O)C(=O)NC1C(=O)NCC(=O)N[C@@H](CCCNC(=O)[C@@H](N)Cc2c[nH]c3ccc(OC)cc23)C(=O)NC(CC(=O)O)C(=O)N[C@H](C)C(=O)N[C@@H](CC(=O)O)C(=O)NCC(=O)N[C@H](CO)C(=O)NC([C@H](C)CC(=O)O)C(=O)N[C@@H](CC(=O)c2ccccc2N)C(=O)OC1C. The average Bonchev–Trinajstić information content (AvgIpc) is 1.67. The minimum atomic E-state index is -2.51. The predicted molar refractivity (Wildman–Crippen MR) is 461 cm³/mol. The minimum absolute atomic E-state index is 0.0303. The number of aliphatic hydroxyl groups excluding tert-OH is 1. The number of anilines is 1. The number of carbonyl (C=O) groups is 21. The maximum absolute atomic E-state index is 15.1. The van der Waals surface area contributed by atoms with Gasteiger partial charge in [-0.1, -0.05) is 82.7 Å². The van der Waals surface area contributed by atoms with Gasteiger partial charge in [-0.15, -0.1) is 0 Å². The van der Waals surface area contributed by atoms with E-state index in [0.717, 1.165) is 52.9 Å². The molecule has 5 aromatic rings. The summed E-state index contributed by atoms with van der Waals surface area (Å²) in [5.74, 6) is -30.7. The lowest BCUT2D eigenvalue weighted by molar-refractivity contribution is -0.156. The molecule has 0 saturated carbocycles. The first kappa shape index (κ1) is 105. The Hall–Kier alpha value is -14.7. The van der Waals surface area contributed by atoms with Crippen molar-refractivity contribution in [1.29, 1.82) is 0 Å². The zero-order valence-electron chi connectivity index (χ0n) is 72.5. The smallest absolute Gasteiger partial charge is 0.329 e. The van der Waals surface area contributed by atoms with Crippen molar-refractivity contribution >= 4 is 152 Å². The maximum atomic E-state index is 15.1. The number of ketones is 1. The predicted octanol–water partition coefficient (Wildman–Crippen LogP) is -4.40. The normalized spacial score (nSPS) is 20.3. The van der Waals surface area contributed by atoms with E-state index in [0.29, 0.717) is 51.5 Å². The molecule has 1 aliphatic heterocycles. The third-order valence-corrected chi connectivity index (χ3v) is 20.9. The van der Waals surface area contributed by atoms with Crippen LogP contribution in [0.1, 0.15) is 152 Å².